The summed E-state index contributed by atoms with van der Waals surface area (Å²) in [6.45, 7) is 3.72. The highest BCUT2D eigenvalue weighted by Gasteiger charge is 2.20. The molecule has 0 aliphatic heterocycles. The maximum Gasteiger partial charge on any atom is 0.332 e. The van der Waals surface area contributed by atoms with Crippen LogP contribution in [0.3, 0.4) is 0 Å². The Morgan fingerprint density at radius 1 is 0.853 bits per heavy atom. The molecule has 8 heteroatoms. The summed E-state index contributed by atoms with van der Waals surface area (Å²) in [4.78, 5) is 55.0. The first-order valence-electron chi connectivity index (χ1n) is 10.7. The standard InChI is InChI=1S/C26H16N2O6/c1-3-28-19-9-8-15-24(32)26(27-34-12(2)29)33-25(15)21(19)18-10-16-17(11-20(18)28)23(31)14-7-5-4-6-13(14)22(16)30/h4-11H,3H2,1-2H3. The zero-order chi connectivity index (χ0) is 23.7. The van der Waals surface area contributed by atoms with Gasteiger partial charge in [0, 0.05) is 40.4 Å². The third-order valence-corrected chi connectivity index (χ3v) is 6.24. The molecule has 0 N–H and O–H groups in total. The second kappa shape index (κ2) is 6.95. The molecule has 0 amide bonds. The van der Waals surface area contributed by atoms with E-state index in [0.29, 0.717) is 38.9 Å². The van der Waals surface area contributed by atoms with Gasteiger partial charge >= 0.3 is 11.5 Å². The van der Waals surface area contributed by atoms with Gasteiger partial charge in [0.05, 0.1) is 21.8 Å². The second-order valence-corrected chi connectivity index (χ2v) is 8.11. The highest BCUT2D eigenvalue weighted by molar-refractivity contribution is 6.21. The van der Waals surface area contributed by atoms with Crippen molar-refractivity contribution in [3.63, 3.8) is 0 Å². The molecule has 6 aromatic rings. The lowest BCUT2D eigenvalue weighted by atomic mass is 10.00. The molecule has 34 heavy (non-hydrogen) atoms. The number of furan rings is 1. The summed E-state index contributed by atoms with van der Waals surface area (Å²) >= 11 is 0. The lowest BCUT2D eigenvalue weighted by Gasteiger charge is -2.05. The Hall–Kier alpha value is -4.59. The van der Waals surface area contributed by atoms with Crippen molar-refractivity contribution in [2.24, 2.45) is 5.16 Å². The third-order valence-electron chi connectivity index (χ3n) is 6.24. The quantitative estimate of drug-likeness (QED) is 0.227. The zero-order valence-corrected chi connectivity index (χ0v) is 18.2. The molecule has 2 heterocycles. The Bertz CT molecular complexity index is 2070. The number of hydrogen-bond donors (Lipinski definition) is 0. The van der Waals surface area contributed by atoms with Crippen molar-refractivity contribution in [2.45, 2.75) is 20.4 Å². The van der Waals surface area contributed by atoms with Gasteiger partial charge in [-0.15, -0.1) is 0 Å². The van der Waals surface area contributed by atoms with Gasteiger partial charge in [0.1, 0.15) is 0 Å². The van der Waals surface area contributed by atoms with E-state index in [1.54, 1.807) is 48.5 Å². The second-order valence-electron chi connectivity index (χ2n) is 8.11. The van der Waals surface area contributed by atoms with Crippen LogP contribution in [0.2, 0.25) is 0 Å². The molecule has 0 saturated heterocycles. The molecule has 6 rings (SSSR count). The summed E-state index contributed by atoms with van der Waals surface area (Å²) in [5.41, 5.74) is 0.519. The van der Waals surface area contributed by atoms with Crippen LogP contribution < -0.4 is 21.8 Å². The molecule has 4 aromatic carbocycles. The third kappa shape index (κ3) is 2.56. The van der Waals surface area contributed by atoms with Gasteiger partial charge in [-0.05, 0) is 36.3 Å². The Kier molecular flexibility index (Phi) is 4.10. The molecule has 0 aliphatic carbocycles. The zero-order valence-electron chi connectivity index (χ0n) is 18.2. The van der Waals surface area contributed by atoms with E-state index in [1.807, 2.05) is 11.5 Å². The average molecular weight is 452 g/mol. The highest BCUT2D eigenvalue weighted by atomic mass is 16.7. The van der Waals surface area contributed by atoms with E-state index < -0.39 is 11.4 Å². The maximum absolute atomic E-state index is 13.3. The number of aromatic nitrogens is 1. The minimum atomic E-state index is -0.678. The van der Waals surface area contributed by atoms with Crippen molar-refractivity contribution in [3.05, 3.63) is 84.8 Å². The number of fused-ring (bicyclic) bond motifs is 7. The summed E-state index contributed by atoms with van der Waals surface area (Å²) in [6.07, 6.45) is 0. The monoisotopic (exact) mass is 452 g/mol. The summed E-state index contributed by atoms with van der Waals surface area (Å²) < 4.78 is 7.75. The van der Waals surface area contributed by atoms with Gasteiger partial charge < -0.3 is 13.8 Å². The van der Waals surface area contributed by atoms with Gasteiger partial charge in [-0.3, -0.25) is 14.4 Å². The lowest BCUT2D eigenvalue weighted by Crippen LogP contribution is -2.19. The number of nitrogens with zero attached hydrogens (tertiary/aromatic N) is 2. The van der Waals surface area contributed by atoms with Gasteiger partial charge in [0.25, 0.3) is 5.43 Å². The van der Waals surface area contributed by atoms with E-state index in [2.05, 4.69) is 9.99 Å². The molecular formula is C26H16N2O6. The van der Waals surface area contributed by atoms with Crippen molar-refractivity contribution in [2.75, 3.05) is 0 Å². The molecule has 0 radical (unpaired) electrons. The Balaban J connectivity index is 1.85. The number of benzene rings is 4. The lowest BCUT2D eigenvalue weighted by molar-refractivity contribution is -0.141. The van der Waals surface area contributed by atoms with E-state index in [9.17, 15) is 19.2 Å². The molecule has 8 nitrogen and oxygen atoms in total. The van der Waals surface area contributed by atoms with E-state index in [1.165, 1.54) is 6.92 Å². The summed E-state index contributed by atoms with van der Waals surface area (Å²) in [7, 11) is 0. The van der Waals surface area contributed by atoms with E-state index in [4.69, 9.17) is 4.42 Å². The van der Waals surface area contributed by atoms with Gasteiger partial charge in [0.2, 0.25) is 0 Å². The Morgan fingerprint density at radius 3 is 2.18 bits per heavy atom. The Morgan fingerprint density at radius 2 is 1.53 bits per heavy atom. The van der Waals surface area contributed by atoms with Crippen LogP contribution in [0.1, 0.15) is 13.8 Å². The Labute approximate surface area is 189 Å². The number of carbonyl (C=O) groups is 1. The van der Waals surface area contributed by atoms with Gasteiger partial charge in [-0.1, -0.05) is 24.3 Å². The number of carbonyl (C=O) groups excluding carboxylic acids is 1. The first-order valence-corrected chi connectivity index (χ1v) is 10.7. The predicted molar refractivity (Wildman–Crippen MR) is 128 cm³/mol. The first kappa shape index (κ1) is 20.0. The molecule has 0 aliphatic rings. The number of rotatable bonds is 2. The normalized spacial score (nSPS) is 12.6. The fourth-order valence-electron chi connectivity index (χ4n) is 4.79. The number of hydrogen-bond acceptors (Lipinski definition) is 7. The van der Waals surface area contributed by atoms with Gasteiger partial charge in [-0.2, -0.15) is 0 Å². The summed E-state index contributed by atoms with van der Waals surface area (Å²) in [5, 5.41) is 6.52. The molecule has 166 valence electrons. The van der Waals surface area contributed by atoms with Crippen LogP contribution in [-0.4, -0.2) is 10.5 Å². The minimum Gasteiger partial charge on any atom is -0.432 e. The largest absolute Gasteiger partial charge is 0.432 e. The average Bonchev–Trinajstić information content (AvgIpc) is 3.33. The predicted octanol–water partition coefficient (Wildman–Crippen LogP) is 3.20. The number of aryl methyl sites for hydroxylation is 1. The van der Waals surface area contributed by atoms with Crippen LogP contribution in [-0.2, 0) is 16.2 Å². The van der Waals surface area contributed by atoms with E-state index in [-0.39, 0.29) is 27.4 Å². The van der Waals surface area contributed by atoms with E-state index >= 15 is 0 Å². The molecule has 0 saturated carbocycles. The first-order chi connectivity index (χ1) is 16.4. The summed E-state index contributed by atoms with van der Waals surface area (Å²) in [5.74, 6) is -0.678. The van der Waals surface area contributed by atoms with Crippen molar-refractivity contribution < 1.29 is 14.0 Å². The van der Waals surface area contributed by atoms with E-state index in [0.717, 1.165) is 11.0 Å². The smallest absolute Gasteiger partial charge is 0.332 e. The minimum absolute atomic E-state index is 0.201. The summed E-state index contributed by atoms with van der Waals surface area (Å²) in [6, 6.07) is 13.6. The fraction of sp³-hybridized carbons (Fsp3) is 0.115. The molecular weight excluding hydrogens is 436 g/mol. The molecule has 0 spiro atoms. The molecule has 0 atom stereocenters. The van der Waals surface area contributed by atoms with Crippen LogP contribution in [0.5, 0.6) is 0 Å². The molecule has 0 bridgehead atoms. The van der Waals surface area contributed by atoms with Crippen LogP contribution in [0.15, 0.2) is 72.5 Å². The molecule has 0 unspecified atom stereocenters. The van der Waals surface area contributed by atoms with Crippen molar-refractivity contribution in [1.29, 1.82) is 0 Å². The van der Waals surface area contributed by atoms with Crippen molar-refractivity contribution in [3.8, 4) is 0 Å². The van der Waals surface area contributed by atoms with Crippen LogP contribution >= 0.6 is 0 Å². The molecule has 2 aromatic heterocycles. The fourth-order valence-corrected chi connectivity index (χ4v) is 4.79. The maximum atomic E-state index is 13.3. The van der Waals surface area contributed by atoms with Gasteiger partial charge in [-0.25, -0.2) is 4.79 Å². The van der Waals surface area contributed by atoms with Gasteiger partial charge in [0.15, 0.2) is 16.4 Å². The molecule has 0 fully saturated rings. The van der Waals surface area contributed by atoms with Crippen molar-refractivity contribution in [1.82, 2.24) is 4.57 Å². The SMILES string of the molecule is CCn1c2cc3c(=O)c4ccccc4c(=O)c3cc2c2c3oc(=NOC(C)=O)c(=O)c3ccc21. The van der Waals surface area contributed by atoms with Crippen LogP contribution in [0.4, 0.5) is 0 Å². The topological polar surface area (TPSA) is 108 Å². The van der Waals surface area contributed by atoms with Crippen LogP contribution in [0.25, 0.3) is 54.3 Å². The van der Waals surface area contributed by atoms with Crippen LogP contribution in [0, 0.1) is 0 Å². The van der Waals surface area contributed by atoms with Crippen molar-refractivity contribution >= 4 is 60.3 Å². The highest BCUT2D eigenvalue weighted by Crippen LogP contribution is 2.35.